The summed E-state index contributed by atoms with van der Waals surface area (Å²) in [5, 5.41) is 21.1. The molecule has 40 heavy (non-hydrogen) atoms. The number of aromatic carboxylic acids is 1. The molecule has 1 aliphatic carbocycles. The van der Waals surface area contributed by atoms with Crippen LogP contribution in [0.2, 0.25) is 0 Å². The molecule has 1 aromatic heterocycles. The molecular weight excluding hydrogens is 525 g/mol. The van der Waals surface area contributed by atoms with E-state index < -0.39 is 28.9 Å². The van der Waals surface area contributed by atoms with Gasteiger partial charge in [0.25, 0.3) is 0 Å². The Balaban J connectivity index is 1.24. The highest BCUT2D eigenvalue weighted by Crippen LogP contribution is 2.43. The molecule has 1 atom stereocenters. The Morgan fingerprint density at radius 1 is 1.20 bits per heavy atom. The van der Waals surface area contributed by atoms with Crippen molar-refractivity contribution < 1.29 is 38.4 Å². The zero-order chi connectivity index (χ0) is 28.2. The number of ether oxygens (including phenoxy) is 3. The van der Waals surface area contributed by atoms with E-state index in [4.69, 9.17) is 14.2 Å². The number of carbonyl (C=O) groups excluding carboxylic acids is 1. The quantitative estimate of drug-likeness (QED) is 0.432. The van der Waals surface area contributed by atoms with Crippen molar-refractivity contribution in [2.75, 3.05) is 49.8 Å². The van der Waals surface area contributed by atoms with Crippen molar-refractivity contribution in [1.29, 1.82) is 0 Å². The number of amides is 1. The predicted molar refractivity (Wildman–Crippen MR) is 142 cm³/mol. The maximum Gasteiger partial charge on any atom is 0.414 e. The number of halogens is 1. The lowest BCUT2D eigenvalue weighted by atomic mass is 10.1. The Labute approximate surface area is 227 Å². The lowest BCUT2D eigenvalue weighted by molar-refractivity contribution is 0.0133. The second-order valence-electron chi connectivity index (χ2n) is 10.4. The van der Waals surface area contributed by atoms with E-state index in [-0.39, 0.29) is 42.5 Å². The number of cyclic esters (lactones) is 1. The molecule has 0 radical (unpaired) electrons. The maximum atomic E-state index is 14.8. The third kappa shape index (κ3) is 4.47. The van der Waals surface area contributed by atoms with Gasteiger partial charge in [-0.2, -0.15) is 0 Å². The van der Waals surface area contributed by atoms with Gasteiger partial charge >= 0.3 is 12.1 Å². The Kier molecular flexibility index (Phi) is 6.29. The largest absolute Gasteiger partial charge is 0.492 e. The maximum absolute atomic E-state index is 14.8. The molecule has 210 valence electrons. The molecule has 1 saturated carbocycles. The number of rotatable bonds is 8. The van der Waals surface area contributed by atoms with Crippen LogP contribution in [0, 0.1) is 5.82 Å². The third-order valence-electron chi connectivity index (χ3n) is 7.66. The molecule has 0 unspecified atom stereocenters. The first-order valence-corrected chi connectivity index (χ1v) is 13.0. The van der Waals surface area contributed by atoms with Crippen LogP contribution in [0.4, 0.5) is 20.6 Å². The standard InChI is InChI=1S/C28H28FN3O8/c1-38-25-21(6-5-18-23(25)32(16-2-3-16)13-19(24(18)33)26(34)35)30-9-8-28(37,14-30)15-40-22-7-4-17(12-20(22)29)31-10-11-39-27(31)36/h4-7,12-13,16,37H,2-3,8-11,14-15H2,1H3,(H,34,35)/t28-/m1/s1. The van der Waals surface area contributed by atoms with Crippen molar-refractivity contribution in [1.82, 2.24) is 4.57 Å². The molecule has 2 aliphatic heterocycles. The number of benzene rings is 2. The van der Waals surface area contributed by atoms with Gasteiger partial charge in [-0.1, -0.05) is 0 Å². The fourth-order valence-corrected chi connectivity index (χ4v) is 5.45. The van der Waals surface area contributed by atoms with Crippen LogP contribution in [0.3, 0.4) is 0 Å². The number of carboxylic acid groups (broad SMARTS) is 1. The van der Waals surface area contributed by atoms with Gasteiger partial charge in [0.05, 0.1) is 42.5 Å². The summed E-state index contributed by atoms with van der Waals surface area (Å²) in [5.41, 5.74) is -0.633. The van der Waals surface area contributed by atoms with E-state index >= 15 is 0 Å². The number of hydrogen-bond donors (Lipinski definition) is 2. The minimum atomic E-state index is -1.30. The molecule has 12 heteroatoms. The summed E-state index contributed by atoms with van der Waals surface area (Å²) in [6, 6.07) is 7.54. The summed E-state index contributed by atoms with van der Waals surface area (Å²) in [6.45, 7) is 1.02. The van der Waals surface area contributed by atoms with Crippen LogP contribution in [0.25, 0.3) is 10.9 Å². The average Bonchev–Trinajstić information content (AvgIpc) is 3.57. The molecule has 0 bridgehead atoms. The van der Waals surface area contributed by atoms with Gasteiger partial charge in [0.2, 0.25) is 5.43 Å². The number of aromatic nitrogens is 1. The van der Waals surface area contributed by atoms with Gasteiger partial charge in [-0.05, 0) is 43.5 Å². The highest BCUT2D eigenvalue weighted by molar-refractivity contribution is 5.97. The van der Waals surface area contributed by atoms with Gasteiger partial charge in [-0.25, -0.2) is 14.0 Å². The number of nitrogens with zero attached hydrogens (tertiary/aromatic N) is 3. The molecule has 6 rings (SSSR count). The monoisotopic (exact) mass is 553 g/mol. The second-order valence-corrected chi connectivity index (χ2v) is 10.4. The van der Waals surface area contributed by atoms with Crippen LogP contribution in [0.1, 0.15) is 35.7 Å². The molecule has 0 spiro atoms. The van der Waals surface area contributed by atoms with Crippen LogP contribution < -0.4 is 24.7 Å². The van der Waals surface area contributed by atoms with E-state index in [1.165, 1.54) is 30.3 Å². The summed E-state index contributed by atoms with van der Waals surface area (Å²) in [7, 11) is 1.49. The van der Waals surface area contributed by atoms with Crippen LogP contribution in [-0.2, 0) is 4.74 Å². The lowest BCUT2D eigenvalue weighted by Gasteiger charge is -2.27. The normalized spacial score (nSPS) is 20.7. The van der Waals surface area contributed by atoms with Crippen molar-refractivity contribution >= 4 is 34.3 Å². The Morgan fingerprint density at radius 3 is 2.65 bits per heavy atom. The van der Waals surface area contributed by atoms with E-state index in [0.29, 0.717) is 42.2 Å². The van der Waals surface area contributed by atoms with Gasteiger partial charge < -0.3 is 33.9 Å². The lowest BCUT2D eigenvalue weighted by Crippen LogP contribution is -2.39. The Hall–Kier alpha value is -4.32. The van der Waals surface area contributed by atoms with Crippen molar-refractivity contribution in [2.45, 2.75) is 30.9 Å². The van der Waals surface area contributed by atoms with Gasteiger partial charge in [-0.15, -0.1) is 0 Å². The average molecular weight is 554 g/mol. The zero-order valence-corrected chi connectivity index (χ0v) is 21.8. The zero-order valence-electron chi connectivity index (χ0n) is 21.8. The Morgan fingerprint density at radius 2 is 2.00 bits per heavy atom. The summed E-state index contributed by atoms with van der Waals surface area (Å²) in [5.74, 6) is -1.57. The first kappa shape index (κ1) is 25.9. The molecule has 1 amide bonds. The highest BCUT2D eigenvalue weighted by atomic mass is 19.1. The van der Waals surface area contributed by atoms with E-state index in [1.807, 2.05) is 9.47 Å². The number of carbonyl (C=O) groups is 2. The van der Waals surface area contributed by atoms with Crippen molar-refractivity contribution in [3.05, 3.63) is 58.1 Å². The molecule has 2 aromatic carbocycles. The first-order chi connectivity index (χ1) is 19.2. The van der Waals surface area contributed by atoms with Crippen LogP contribution >= 0.6 is 0 Å². The number of fused-ring (bicyclic) bond motifs is 1. The summed E-state index contributed by atoms with van der Waals surface area (Å²) >= 11 is 0. The van der Waals surface area contributed by atoms with E-state index in [2.05, 4.69) is 0 Å². The van der Waals surface area contributed by atoms with E-state index in [1.54, 1.807) is 18.2 Å². The summed E-state index contributed by atoms with van der Waals surface area (Å²) in [4.78, 5) is 39.6. The molecule has 2 saturated heterocycles. The molecule has 3 heterocycles. The molecule has 3 aliphatic rings. The topological polar surface area (TPSA) is 131 Å². The predicted octanol–water partition coefficient (Wildman–Crippen LogP) is 3.16. The molecule has 2 N–H and O–H groups in total. The number of methoxy groups -OCH3 is 1. The number of β-amino-alcohol motifs (C(OH)–C–C–N with tert-alkyl or cyclic N) is 1. The number of aliphatic hydroxyl groups is 1. The highest BCUT2D eigenvalue weighted by Gasteiger charge is 2.39. The molecule has 3 aromatic rings. The smallest absolute Gasteiger partial charge is 0.414 e. The van der Waals surface area contributed by atoms with Gasteiger partial charge in [0, 0.05) is 24.8 Å². The number of hydrogen-bond acceptors (Lipinski definition) is 8. The molecule has 3 fully saturated rings. The van der Waals surface area contributed by atoms with Crippen LogP contribution in [0.15, 0.2) is 41.3 Å². The second kappa shape index (κ2) is 9.70. The van der Waals surface area contributed by atoms with Crippen molar-refractivity contribution in [3.8, 4) is 11.5 Å². The van der Waals surface area contributed by atoms with Crippen molar-refractivity contribution in [3.63, 3.8) is 0 Å². The number of pyridine rings is 1. The van der Waals surface area contributed by atoms with Gasteiger partial charge in [0.15, 0.2) is 17.3 Å². The summed E-state index contributed by atoms with van der Waals surface area (Å²) in [6.07, 6.45) is 2.92. The molecular formula is C28H28FN3O8. The fourth-order valence-electron chi connectivity index (χ4n) is 5.45. The SMILES string of the molecule is COc1c(N2CC[C@](O)(COc3ccc(N4CCOC4=O)cc3F)C2)ccc2c(=O)c(C(=O)O)cn(C3CC3)c12. The molecule has 11 nitrogen and oxygen atoms in total. The minimum Gasteiger partial charge on any atom is -0.492 e. The van der Waals surface area contributed by atoms with E-state index in [0.717, 1.165) is 12.8 Å². The first-order valence-electron chi connectivity index (χ1n) is 13.0. The Bertz CT molecular complexity index is 1590. The minimum absolute atomic E-state index is 0.0471. The van der Waals surface area contributed by atoms with E-state index in [9.17, 15) is 29.0 Å². The van der Waals surface area contributed by atoms with Gasteiger partial charge in [0.1, 0.15) is 24.4 Å². The number of anilines is 2. The van der Waals surface area contributed by atoms with Crippen LogP contribution in [0.5, 0.6) is 11.5 Å². The number of carboxylic acids is 1. The summed E-state index contributed by atoms with van der Waals surface area (Å²) < 4.78 is 32.9. The fraction of sp³-hybridized carbons (Fsp3) is 0.393. The van der Waals surface area contributed by atoms with Crippen molar-refractivity contribution in [2.24, 2.45) is 0 Å². The third-order valence-corrected chi connectivity index (χ3v) is 7.66. The van der Waals surface area contributed by atoms with Crippen LogP contribution in [-0.4, -0.2) is 72.4 Å². The van der Waals surface area contributed by atoms with Gasteiger partial charge in [-0.3, -0.25) is 9.69 Å².